The molecule has 1 saturated heterocycles. The van der Waals surface area contributed by atoms with Gasteiger partial charge in [-0.15, -0.1) is 0 Å². The first-order valence-corrected chi connectivity index (χ1v) is 11.1. The fraction of sp³-hybridized carbons (Fsp3) is 0.0800. The first kappa shape index (κ1) is 21.8. The van der Waals surface area contributed by atoms with Crippen molar-refractivity contribution in [2.24, 2.45) is 0 Å². The highest BCUT2D eigenvalue weighted by atomic mass is 32.2. The Morgan fingerprint density at radius 1 is 1.06 bits per heavy atom. The zero-order chi connectivity index (χ0) is 22.5. The standard InChI is InChI=1S/C25H20N2O3S2/c1-17-8-7-9-18(14-17)16-30-21-13-6-5-12-20(21)15-22-24(29)27(25(31)32-22)26-23(28)19-10-3-2-4-11-19/h2-15H,16H2,1H3,(H,26,28)/b22-15-. The Morgan fingerprint density at radius 2 is 1.81 bits per heavy atom. The number of nitrogens with zero attached hydrogens (tertiary/aromatic N) is 1. The molecule has 1 N–H and O–H groups in total. The molecule has 1 aliphatic rings. The van der Waals surface area contributed by atoms with Gasteiger partial charge in [-0.25, -0.2) is 0 Å². The molecule has 1 fully saturated rings. The monoisotopic (exact) mass is 460 g/mol. The average molecular weight is 461 g/mol. The topological polar surface area (TPSA) is 58.6 Å². The molecule has 1 heterocycles. The summed E-state index contributed by atoms with van der Waals surface area (Å²) in [6, 6.07) is 24.3. The number of thioether (sulfide) groups is 1. The van der Waals surface area contributed by atoms with E-state index in [1.54, 1.807) is 30.3 Å². The molecule has 0 atom stereocenters. The van der Waals surface area contributed by atoms with E-state index in [4.69, 9.17) is 17.0 Å². The lowest BCUT2D eigenvalue weighted by Gasteiger charge is -2.15. The lowest BCUT2D eigenvalue weighted by Crippen LogP contribution is -2.44. The summed E-state index contributed by atoms with van der Waals surface area (Å²) in [5, 5.41) is 1.11. The summed E-state index contributed by atoms with van der Waals surface area (Å²) in [6.45, 7) is 2.45. The number of hydrogen-bond acceptors (Lipinski definition) is 5. The largest absolute Gasteiger partial charge is 0.488 e. The van der Waals surface area contributed by atoms with Gasteiger partial charge < -0.3 is 4.74 Å². The van der Waals surface area contributed by atoms with Crippen LogP contribution in [0.15, 0.2) is 83.8 Å². The third-order valence-corrected chi connectivity index (χ3v) is 6.03. The van der Waals surface area contributed by atoms with Gasteiger partial charge in [-0.2, -0.15) is 5.01 Å². The maximum atomic E-state index is 12.9. The number of rotatable bonds is 6. The summed E-state index contributed by atoms with van der Waals surface area (Å²) < 4.78 is 6.29. The lowest BCUT2D eigenvalue weighted by atomic mass is 10.1. The first-order chi connectivity index (χ1) is 15.5. The number of carbonyl (C=O) groups is 2. The van der Waals surface area contributed by atoms with Gasteiger partial charge in [-0.05, 0) is 49.0 Å². The minimum absolute atomic E-state index is 0.267. The van der Waals surface area contributed by atoms with Gasteiger partial charge in [0.15, 0.2) is 4.32 Å². The molecule has 2 amide bonds. The molecular formula is C25H20N2O3S2. The minimum Gasteiger partial charge on any atom is -0.488 e. The Balaban J connectivity index is 1.50. The Hall–Kier alpha value is -3.42. The smallest absolute Gasteiger partial charge is 0.285 e. The van der Waals surface area contributed by atoms with Crippen LogP contribution in [0.2, 0.25) is 0 Å². The van der Waals surface area contributed by atoms with Gasteiger partial charge in [-0.1, -0.05) is 78.0 Å². The molecule has 3 aromatic rings. The summed E-state index contributed by atoms with van der Waals surface area (Å²) in [5.41, 5.74) is 6.02. The second kappa shape index (κ2) is 9.80. The molecule has 1 aliphatic heterocycles. The number of nitrogens with one attached hydrogen (secondary N) is 1. The Labute approximate surface area is 196 Å². The van der Waals surface area contributed by atoms with Crippen LogP contribution in [0.5, 0.6) is 5.75 Å². The number of benzene rings is 3. The molecule has 32 heavy (non-hydrogen) atoms. The van der Waals surface area contributed by atoms with E-state index in [1.165, 1.54) is 5.56 Å². The van der Waals surface area contributed by atoms with Crippen LogP contribution in [0.1, 0.15) is 27.0 Å². The number of para-hydroxylation sites is 1. The van der Waals surface area contributed by atoms with Crippen LogP contribution in [0.3, 0.4) is 0 Å². The number of hydrazine groups is 1. The van der Waals surface area contributed by atoms with Crippen LogP contribution < -0.4 is 10.2 Å². The highest BCUT2D eigenvalue weighted by Crippen LogP contribution is 2.33. The van der Waals surface area contributed by atoms with Crippen molar-refractivity contribution in [2.75, 3.05) is 0 Å². The predicted molar refractivity (Wildman–Crippen MR) is 131 cm³/mol. The van der Waals surface area contributed by atoms with Crippen LogP contribution >= 0.6 is 24.0 Å². The number of amides is 2. The van der Waals surface area contributed by atoms with Crippen molar-refractivity contribution < 1.29 is 14.3 Å². The first-order valence-electron chi connectivity index (χ1n) is 9.92. The Kier molecular flexibility index (Phi) is 6.68. The Morgan fingerprint density at radius 3 is 2.59 bits per heavy atom. The molecule has 160 valence electrons. The third kappa shape index (κ3) is 5.07. The van der Waals surface area contributed by atoms with Crippen molar-refractivity contribution in [3.8, 4) is 5.75 Å². The highest BCUT2D eigenvalue weighted by Gasteiger charge is 2.34. The van der Waals surface area contributed by atoms with Gasteiger partial charge in [0.05, 0.1) is 4.91 Å². The van der Waals surface area contributed by atoms with E-state index in [2.05, 4.69) is 11.5 Å². The number of ether oxygens (including phenoxy) is 1. The molecule has 0 radical (unpaired) electrons. The summed E-state index contributed by atoms with van der Waals surface area (Å²) in [5.74, 6) is -0.115. The summed E-state index contributed by atoms with van der Waals surface area (Å²) in [6.07, 6.45) is 1.74. The zero-order valence-electron chi connectivity index (χ0n) is 17.3. The third-order valence-electron chi connectivity index (χ3n) is 4.73. The van der Waals surface area contributed by atoms with Crippen LogP contribution in [0.4, 0.5) is 0 Å². The van der Waals surface area contributed by atoms with E-state index >= 15 is 0 Å². The van der Waals surface area contributed by atoms with Gasteiger partial charge >= 0.3 is 0 Å². The summed E-state index contributed by atoms with van der Waals surface area (Å²) in [4.78, 5) is 25.8. The Bertz CT molecular complexity index is 1210. The predicted octanol–water partition coefficient (Wildman–Crippen LogP) is 5.12. The number of thiocarbonyl (C=S) groups is 1. The van der Waals surface area contributed by atoms with Crippen molar-refractivity contribution in [1.82, 2.24) is 10.4 Å². The van der Waals surface area contributed by atoms with Crippen molar-refractivity contribution >= 4 is 46.2 Å². The van der Waals surface area contributed by atoms with Crippen LogP contribution in [-0.2, 0) is 11.4 Å². The molecule has 4 rings (SSSR count). The normalized spacial score (nSPS) is 14.7. The quantitative estimate of drug-likeness (QED) is 0.409. The molecule has 3 aromatic carbocycles. The molecule has 0 bridgehead atoms. The fourth-order valence-electron chi connectivity index (χ4n) is 3.16. The van der Waals surface area contributed by atoms with Gasteiger partial charge in [0.25, 0.3) is 11.8 Å². The zero-order valence-corrected chi connectivity index (χ0v) is 18.9. The minimum atomic E-state index is -0.398. The van der Waals surface area contributed by atoms with E-state index < -0.39 is 5.91 Å². The van der Waals surface area contributed by atoms with Crippen molar-refractivity contribution in [3.05, 3.63) is 106 Å². The van der Waals surface area contributed by atoms with Gasteiger partial charge in [0, 0.05) is 11.1 Å². The van der Waals surface area contributed by atoms with E-state index in [-0.39, 0.29) is 10.2 Å². The maximum absolute atomic E-state index is 12.9. The number of carbonyl (C=O) groups excluding carboxylic acids is 2. The lowest BCUT2D eigenvalue weighted by molar-refractivity contribution is -0.123. The van der Waals surface area contributed by atoms with E-state index in [1.807, 2.05) is 55.5 Å². The molecular weight excluding hydrogens is 440 g/mol. The molecule has 0 aromatic heterocycles. The molecule has 0 spiro atoms. The van der Waals surface area contributed by atoms with Crippen molar-refractivity contribution in [2.45, 2.75) is 13.5 Å². The summed E-state index contributed by atoms with van der Waals surface area (Å²) >= 11 is 6.46. The molecule has 5 nitrogen and oxygen atoms in total. The fourth-order valence-corrected chi connectivity index (χ4v) is 4.33. The molecule has 0 aliphatic carbocycles. The highest BCUT2D eigenvalue weighted by molar-refractivity contribution is 8.26. The van der Waals surface area contributed by atoms with Gasteiger partial charge in [-0.3, -0.25) is 15.0 Å². The second-order valence-electron chi connectivity index (χ2n) is 7.14. The van der Waals surface area contributed by atoms with E-state index in [9.17, 15) is 9.59 Å². The SMILES string of the molecule is Cc1cccc(COc2ccccc2/C=C2\SC(=S)N(NC(=O)c3ccccc3)C2=O)c1. The average Bonchev–Trinajstić information content (AvgIpc) is 3.06. The van der Waals surface area contributed by atoms with E-state index in [0.717, 1.165) is 27.9 Å². The van der Waals surface area contributed by atoms with Gasteiger partial charge in [0.1, 0.15) is 12.4 Å². The molecule has 7 heteroatoms. The van der Waals surface area contributed by atoms with E-state index in [0.29, 0.717) is 22.8 Å². The number of hydrogen-bond donors (Lipinski definition) is 1. The molecule has 0 unspecified atom stereocenters. The van der Waals surface area contributed by atoms with Crippen LogP contribution in [0, 0.1) is 6.92 Å². The van der Waals surface area contributed by atoms with Crippen molar-refractivity contribution in [3.63, 3.8) is 0 Å². The van der Waals surface area contributed by atoms with Crippen LogP contribution in [0.25, 0.3) is 6.08 Å². The van der Waals surface area contributed by atoms with Crippen LogP contribution in [-0.4, -0.2) is 21.1 Å². The maximum Gasteiger partial charge on any atom is 0.285 e. The molecule has 0 saturated carbocycles. The van der Waals surface area contributed by atoms with Gasteiger partial charge in [0.2, 0.25) is 0 Å². The summed E-state index contributed by atoms with van der Waals surface area (Å²) in [7, 11) is 0. The second-order valence-corrected chi connectivity index (χ2v) is 8.82. The van der Waals surface area contributed by atoms with Crippen molar-refractivity contribution in [1.29, 1.82) is 0 Å². The number of aryl methyl sites for hydroxylation is 1.